The van der Waals surface area contributed by atoms with Crippen LogP contribution in [0.3, 0.4) is 0 Å². The van der Waals surface area contributed by atoms with Gasteiger partial charge in [-0.1, -0.05) is 37.0 Å². The standard InChI is InChI=1S/C27H37N3O3/c1-20-7-6-10-22(19-20)26(31)29-16-15-25(21-8-4-3-5-9-21)27(32)30-18-17-28-23-11-13-24(33-2)14-12-23/h6-7,10-14,19,21,25,28H,3-5,8-9,15-18H2,1-2H3,(H,29,31)(H,30,32). The molecule has 1 saturated carbocycles. The Balaban J connectivity index is 1.47. The highest BCUT2D eigenvalue weighted by molar-refractivity contribution is 5.94. The second-order valence-electron chi connectivity index (χ2n) is 8.86. The van der Waals surface area contributed by atoms with Gasteiger partial charge in [0, 0.05) is 36.8 Å². The van der Waals surface area contributed by atoms with E-state index in [0.29, 0.717) is 37.5 Å². The molecular weight excluding hydrogens is 414 g/mol. The lowest BCUT2D eigenvalue weighted by Gasteiger charge is -2.29. The smallest absolute Gasteiger partial charge is 0.251 e. The third-order valence-corrected chi connectivity index (χ3v) is 6.42. The van der Waals surface area contributed by atoms with Gasteiger partial charge >= 0.3 is 0 Å². The molecule has 1 aliphatic rings. The SMILES string of the molecule is COc1ccc(NCCNC(=O)C(CCNC(=O)c2cccc(C)c2)C2CCCCC2)cc1. The number of benzene rings is 2. The van der Waals surface area contributed by atoms with Gasteiger partial charge in [-0.15, -0.1) is 0 Å². The molecule has 0 radical (unpaired) electrons. The Labute approximate surface area is 197 Å². The summed E-state index contributed by atoms with van der Waals surface area (Å²) in [6, 6.07) is 15.3. The Morgan fingerprint density at radius 1 is 0.970 bits per heavy atom. The zero-order valence-electron chi connectivity index (χ0n) is 19.9. The van der Waals surface area contributed by atoms with E-state index >= 15 is 0 Å². The number of carbonyl (C=O) groups is 2. The molecule has 0 heterocycles. The molecule has 1 fully saturated rings. The van der Waals surface area contributed by atoms with Crippen LogP contribution in [0.2, 0.25) is 0 Å². The van der Waals surface area contributed by atoms with Gasteiger partial charge < -0.3 is 20.7 Å². The van der Waals surface area contributed by atoms with E-state index in [1.165, 1.54) is 19.3 Å². The summed E-state index contributed by atoms with van der Waals surface area (Å²) in [6.07, 6.45) is 6.47. The minimum absolute atomic E-state index is 0.0657. The fourth-order valence-electron chi connectivity index (χ4n) is 4.58. The van der Waals surface area contributed by atoms with Crippen molar-refractivity contribution >= 4 is 17.5 Å². The van der Waals surface area contributed by atoms with Gasteiger partial charge in [-0.2, -0.15) is 0 Å². The molecule has 33 heavy (non-hydrogen) atoms. The number of aryl methyl sites for hydroxylation is 1. The van der Waals surface area contributed by atoms with Crippen molar-refractivity contribution in [3.05, 3.63) is 59.7 Å². The van der Waals surface area contributed by atoms with E-state index in [1.807, 2.05) is 55.5 Å². The van der Waals surface area contributed by atoms with Crippen molar-refractivity contribution in [3.8, 4) is 5.75 Å². The van der Waals surface area contributed by atoms with Crippen molar-refractivity contribution in [2.24, 2.45) is 11.8 Å². The van der Waals surface area contributed by atoms with E-state index in [1.54, 1.807) is 7.11 Å². The number of carbonyl (C=O) groups excluding carboxylic acids is 2. The van der Waals surface area contributed by atoms with Gasteiger partial charge in [-0.3, -0.25) is 9.59 Å². The maximum Gasteiger partial charge on any atom is 0.251 e. The van der Waals surface area contributed by atoms with Gasteiger partial charge in [0.2, 0.25) is 5.91 Å². The van der Waals surface area contributed by atoms with Crippen LogP contribution in [0.25, 0.3) is 0 Å². The molecule has 6 nitrogen and oxygen atoms in total. The lowest BCUT2D eigenvalue weighted by Crippen LogP contribution is -2.40. The number of hydrogen-bond donors (Lipinski definition) is 3. The number of rotatable bonds is 11. The predicted octanol–water partition coefficient (Wildman–Crippen LogP) is 4.55. The van der Waals surface area contributed by atoms with Crippen molar-refractivity contribution in [2.75, 3.05) is 32.1 Å². The quantitative estimate of drug-likeness (QED) is 0.438. The fraction of sp³-hybridized carbons (Fsp3) is 0.481. The van der Waals surface area contributed by atoms with Crippen LogP contribution in [0, 0.1) is 18.8 Å². The maximum absolute atomic E-state index is 13.1. The molecule has 178 valence electrons. The van der Waals surface area contributed by atoms with Gasteiger partial charge in [-0.05, 0) is 68.5 Å². The lowest BCUT2D eigenvalue weighted by molar-refractivity contribution is -0.127. The van der Waals surface area contributed by atoms with Crippen molar-refractivity contribution in [2.45, 2.75) is 45.4 Å². The van der Waals surface area contributed by atoms with Crippen LogP contribution in [0.1, 0.15) is 54.4 Å². The molecule has 2 amide bonds. The highest BCUT2D eigenvalue weighted by atomic mass is 16.5. The molecule has 3 rings (SSSR count). The van der Waals surface area contributed by atoms with E-state index in [9.17, 15) is 9.59 Å². The number of hydrogen-bond acceptors (Lipinski definition) is 4. The Morgan fingerprint density at radius 2 is 1.73 bits per heavy atom. The number of anilines is 1. The number of nitrogens with one attached hydrogen (secondary N) is 3. The lowest BCUT2D eigenvalue weighted by atomic mass is 9.78. The monoisotopic (exact) mass is 451 g/mol. The first-order valence-corrected chi connectivity index (χ1v) is 12.1. The number of ether oxygens (including phenoxy) is 1. The third-order valence-electron chi connectivity index (χ3n) is 6.42. The highest BCUT2D eigenvalue weighted by Gasteiger charge is 2.29. The minimum atomic E-state index is -0.0785. The second kappa shape index (κ2) is 12.9. The van der Waals surface area contributed by atoms with Crippen LogP contribution < -0.4 is 20.7 Å². The summed E-state index contributed by atoms with van der Waals surface area (Å²) in [5, 5.41) is 9.44. The van der Waals surface area contributed by atoms with Crippen LogP contribution in [-0.2, 0) is 4.79 Å². The van der Waals surface area contributed by atoms with Crippen LogP contribution in [0.5, 0.6) is 5.75 Å². The second-order valence-corrected chi connectivity index (χ2v) is 8.86. The molecule has 0 saturated heterocycles. The molecule has 0 spiro atoms. The molecule has 1 aliphatic carbocycles. The first-order valence-electron chi connectivity index (χ1n) is 12.1. The molecule has 1 unspecified atom stereocenters. The molecule has 2 aromatic rings. The summed E-state index contributed by atoms with van der Waals surface area (Å²) < 4.78 is 5.18. The zero-order chi connectivity index (χ0) is 23.5. The van der Waals surface area contributed by atoms with Gasteiger partial charge in [0.15, 0.2) is 0 Å². The normalized spacial score (nSPS) is 14.8. The summed E-state index contributed by atoms with van der Waals surface area (Å²) in [4.78, 5) is 25.5. The van der Waals surface area contributed by atoms with E-state index in [2.05, 4.69) is 16.0 Å². The molecule has 0 aromatic heterocycles. The number of amides is 2. The molecule has 6 heteroatoms. The van der Waals surface area contributed by atoms with E-state index in [-0.39, 0.29) is 17.7 Å². The minimum Gasteiger partial charge on any atom is -0.497 e. The first-order chi connectivity index (χ1) is 16.1. The Hall–Kier alpha value is -3.02. The summed E-state index contributed by atoms with van der Waals surface area (Å²) >= 11 is 0. The zero-order valence-corrected chi connectivity index (χ0v) is 19.9. The molecule has 2 aromatic carbocycles. The molecule has 0 aliphatic heterocycles. The first kappa shape index (κ1) is 24.6. The Morgan fingerprint density at radius 3 is 2.42 bits per heavy atom. The molecule has 3 N–H and O–H groups in total. The van der Waals surface area contributed by atoms with Crippen molar-refractivity contribution in [1.29, 1.82) is 0 Å². The average Bonchev–Trinajstić information content (AvgIpc) is 2.85. The van der Waals surface area contributed by atoms with Crippen molar-refractivity contribution < 1.29 is 14.3 Å². The van der Waals surface area contributed by atoms with E-state index in [0.717, 1.165) is 29.8 Å². The summed E-state index contributed by atoms with van der Waals surface area (Å²) in [5.41, 5.74) is 2.72. The Bertz CT molecular complexity index is 892. The highest BCUT2D eigenvalue weighted by Crippen LogP contribution is 2.32. The van der Waals surface area contributed by atoms with Crippen molar-refractivity contribution in [1.82, 2.24) is 10.6 Å². The van der Waals surface area contributed by atoms with Crippen LogP contribution in [-0.4, -0.2) is 38.6 Å². The third kappa shape index (κ3) is 7.81. The van der Waals surface area contributed by atoms with Crippen LogP contribution in [0.4, 0.5) is 5.69 Å². The summed E-state index contributed by atoms with van der Waals surface area (Å²) in [7, 11) is 1.65. The fourth-order valence-corrected chi connectivity index (χ4v) is 4.58. The number of methoxy groups -OCH3 is 1. The van der Waals surface area contributed by atoms with Crippen LogP contribution in [0.15, 0.2) is 48.5 Å². The topological polar surface area (TPSA) is 79.5 Å². The average molecular weight is 452 g/mol. The summed E-state index contributed by atoms with van der Waals surface area (Å²) in [5.74, 6) is 1.17. The van der Waals surface area contributed by atoms with Gasteiger partial charge in [0.1, 0.15) is 5.75 Å². The predicted molar refractivity (Wildman–Crippen MR) is 133 cm³/mol. The van der Waals surface area contributed by atoms with Crippen LogP contribution >= 0.6 is 0 Å². The van der Waals surface area contributed by atoms with Gasteiger partial charge in [0.05, 0.1) is 7.11 Å². The molecular formula is C27H37N3O3. The van der Waals surface area contributed by atoms with Gasteiger partial charge in [-0.25, -0.2) is 0 Å². The Kier molecular flexibility index (Phi) is 9.60. The summed E-state index contributed by atoms with van der Waals surface area (Å²) in [6.45, 7) is 3.69. The largest absolute Gasteiger partial charge is 0.497 e. The molecule has 0 bridgehead atoms. The van der Waals surface area contributed by atoms with E-state index in [4.69, 9.17) is 4.74 Å². The maximum atomic E-state index is 13.1. The van der Waals surface area contributed by atoms with E-state index < -0.39 is 0 Å². The van der Waals surface area contributed by atoms with Gasteiger partial charge in [0.25, 0.3) is 5.91 Å². The van der Waals surface area contributed by atoms with Crippen molar-refractivity contribution in [3.63, 3.8) is 0 Å². The molecule has 1 atom stereocenters.